The third kappa shape index (κ3) is 10.0. The first kappa shape index (κ1) is 47.2. The fourth-order valence-electron chi connectivity index (χ4n) is 9.15. The largest absolute Gasteiger partial charge is 0.340 e. The van der Waals surface area contributed by atoms with Crippen LogP contribution in [-0.4, -0.2) is 62.3 Å². The molecule has 356 valence electrons. The van der Waals surface area contributed by atoms with Gasteiger partial charge in [0.15, 0.2) is 5.65 Å². The van der Waals surface area contributed by atoms with Crippen LogP contribution in [0.4, 0.5) is 8.78 Å². The molecule has 7 aromatic heterocycles. The first-order valence-electron chi connectivity index (χ1n) is 23.3. The molecule has 0 aliphatic carbocycles. The van der Waals surface area contributed by atoms with Crippen molar-refractivity contribution in [3.05, 3.63) is 204 Å². The van der Waals surface area contributed by atoms with Crippen LogP contribution in [0.2, 0.25) is 0 Å². The number of pyridine rings is 4. The van der Waals surface area contributed by atoms with E-state index in [0.717, 1.165) is 67.8 Å². The van der Waals surface area contributed by atoms with Gasteiger partial charge in [-0.25, -0.2) is 34.5 Å². The number of aryl methyl sites for hydroxylation is 2. The number of nitrogens with one attached hydrogen (secondary N) is 2. The van der Waals surface area contributed by atoms with Crippen molar-refractivity contribution < 1.29 is 8.78 Å². The number of nitrogens with zero attached hydrogens (tertiary/aromatic N) is 10. The zero-order chi connectivity index (χ0) is 49.3. The molecule has 0 aliphatic rings. The van der Waals surface area contributed by atoms with Crippen LogP contribution >= 0.6 is 45.7 Å². The summed E-state index contributed by atoms with van der Waals surface area (Å²) in [5, 5.41) is 5.64. The Morgan fingerprint density at radius 3 is 2.15 bits per heavy atom. The highest BCUT2D eigenvalue weighted by atomic mass is 127. The zero-order valence-corrected chi connectivity index (χ0v) is 43.3. The summed E-state index contributed by atoms with van der Waals surface area (Å²) in [7, 11) is 0. The molecular weight excluding hydrogens is 1130 g/mol. The second-order valence-corrected chi connectivity index (χ2v) is 20.3. The zero-order valence-electron chi connectivity index (χ0n) is 39.0. The Morgan fingerprint density at radius 1 is 0.569 bits per heavy atom. The lowest BCUT2D eigenvalue weighted by molar-refractivity contribution is 0.488. The molecule has 11 rings (SSSR count). The molecule has 0 spiro atoms. The third-order valence-electron chi connectivity index (χ3n) is 12.5. The van der Waals surface area contributed by atoms with Gasteiger partial charge in [0.05, 0.1) is 41.4 Å². The average molecular weight is 1180 g/mol. The maximum atomic E-state index is 14.6. The molecule has 12 nitrogen and oxygen atoms in total. The Hall–Kier alpha value is -7.13. The smallest absolute Gasteiger partial charge is 0.163 e. The summed E-state index contributed by atoms with van der Waals surface area (Å²) in [6, 6.07) is 45.0. The van der Waals surface area contributed by atoms with Crippen LogP contribution < -0.4 is 0 Å². The van der Waals surface area contributed by atoms with Crippen molar-refractivity contribution in [2.75, 3.05) is 6.54 Å². The number of halogens is 4. The van der Waals surface area contributed by atoms with Crippen LogP contribution in [-0.2, 0) is 26.1 Å². The van der Waals surface area contributed by atoms with Gasteiger partial charge in [0.1, 0.15) is 41.0 Å². The van der Waals surface area contributed by atoms with Crippen molar-refractivity contribution >= 4 is 62.3 Å². The van der Waals surface area contributed by atoms with E-state index in [4.69, 9.17) is 24.9 Å². The van der Waals surface area contributed by atoms with Crippen molar-refractivity contribution in [3.8, 4) is 67.5 Å². The van der Waals surface area contributed by atoms with E-state index in [-0.39, 0.29) is 0 Å². The molecular formula is C56H44F2I2N12. The third-order valence-corrected chi connectivity index (χ3v) is 14.0. The van der Waals surface area contributed by atoms with Crippen LogP contribution in [0.15, 0.2) is 158 Å². The summed E-state index contributed by atoms with van der Waals surface area (Å²) in [6.07, 6.45) is 5.73. The van der Waals surface area contributed by atoms with E-state index in [1.165, 1.54) is 28.8 Å². The van der Waals surface area contributed by atoms with E-state index in [1.807, 2.05) is 77.9 Å². The van der Waals surface area contributed by atoms with E-state index in [2.05, 4.69) is 142 Å². The van der Waals surface area contributed by atoms with Crippen LogP contribution in [0.5, 0.6) is 0 Å². The van der Waals surface area contributed by atoms with Gasteiger partial charge in [0.2, 0.25) is 0 Å². The highest BCUT2D eigenvalue weighted by Gasteiger charge is 2.23. The average Bonchev–Trinajstić information content (AvgIpc) is 4.15. The predicted octanol–water partition coefficient (Wildman–Crippen LogP) is 13.2. The number of hydrogen-bond donors (Lipinski definition) is 2. The minimum Gasteiger partial charge on any atom is -0.340 e. The molecule has 0 saturated heterocycles. The van der Waals surface area contributed by atoms with Crippen molar-refractivity contribution in [1.82, 2.24) is 55.7 Å². The van der Waals surface area contributed by atoms with Crippen LogP contribution in [0, 0.1) is 25.5 Å². The van der Waals surface area contributed by atoms with Gasteiger partial charge >= 0.3 is 0 Å². The Labute approximate surface area is 441 Å². The highest BCUT2D eigenvalue weighted by molar-refractivity contribution is 14.1. The maximum absolute atomic E-state index is 14.6. The summed E-state index contributed by atoms with van der Waals surface area (Å²) < 4.78 is 34.2. The predicted molar refractivity (Wildman–Crippen MR) is 294 cm³/mol. The molecule has 0 fully saturated rings. The van der Waals surface area contributed by atoms with E-state index < -0.39 is 11.6 Å². The molecule has 0 unspecified atom stereocenters. The molecule has 0 bridgehead atoms. The summed E-state index contributed by atoms with van der Waals surface area (Å²) in [4.78, 5) is 37.3. The van der Waals surface area contributed by atoms with E-state index >= 15 is 0 Å². The van der Waals surface area contributed by atoms with Crippen molar-refractivity contribution in [3.63, 3.8) is 0 Å². The molecule has 0 radical (unpaired) electrons. The first-order valence-corrected chi connectivity index (χ1v) is 25.2. The molecule has 2 N–H and O–H groups in total. The number of fused-ring (bicyclic) bond motifs is 2. The van der Waals surface area contributed by atoms with E-state index in [9.17, 15) is 8.78 Å². The van der Waals surface area contributed by atoms with Crippen molar-refractivity contribution in [1.29, 1.82) is 0 Å². The van der Waals surface area contributed by atoms with Crippen LogP contribution in [0.1, 0.15) is 34.2 Å². The fraction of sp³-hybridized carbons (Fsp3) is 0.125. The number of benzene rings is 4. The SMILES string of the molecule is Cc1cccc(-c2nc(CN(I)CCc3ccc(F)cc3F)[nH]c2-c2cc(-c3cc(C)nc(-c4nc(CN(I)Cc5ccccc5-c5ccccc5)[nH]c4-c4ccnc5ccccc45)c3)c3ncnn3c2)n1. The Morgan fingerprint density at radius 2 is 1.32 bits per heavy atom. The van der Waals surface area contributed by atoms with Crippen LogP contribution in [0.25, 0.3) is 84.1 Å². The molecule has 0 atom stereocenters. The molecule has 0 aliphatic heterocycles. The summed E-state index contributed by atoms with van der Waals surface area (Å²) >= 11 is 4.62. The normalized spacial score (nSPS) is 11.7. The summed E-state index contributed by atoms with van der Waals surface area (Å²) in [6.45, 7) is 6.10. The van der Waals surface area contributed by atoms with Gasteiger partial charge in [0.25, 0.3) is 0 Å². The van der Waals surface area contributed by atoms with Crippen molar-refractivity contribution in [2.45, 2.75) is 39.9 Å². The lowest BCUT2D eigenvalue weighted by Crippen LogP contribution is -2.16. The van der Waals surface area contributed by atoms with Gasteiger partial charge in [-0.1, -0.05) is 84.9 Å². The van der Waals surface area contributed by atoms with Crippen molar-refractivity contribution in [2.24, 2.45) is 0 Å². The molecule has 0 saturated carbocycles. The maximum Gasteiger partial charge on any atom is 0.163 e. The lowest BCUT2D eigenvalue weighted by Gasteiger charge is -2.16. The number of imidazole rings is 2. The molecule has 7 heterocycles. The number of aromatic nitrogens is 10. The number of H-pyrrole nitrogens is 2. The molecule has 4 aromatic carbocycles. The minimum atomic E-state index is -0.595. The number of hydrogen-bond acceptors (Lipinski definition) is 9. The van der Waals surface area contributed by atoms with E-state index in [1.54, 1.807) is 10.8 Å². The van der Waals surface area contributed by atoms with Gasteiger partial charge < -0.3 is 9.97 Å². The standard InChI is InChI=1S/C56H44F2I2N12/c1-34-11-10-18-48(64-34)54-52(66-50(68-54)31-70(59)24-22-37-19-20-41(57)28-46(37)58)40-26-45(56-62-33-63-72(56)30-40)39-25-35(2)65-49(27-39)55-53(44-21-23-61-47-17-9-8-16-43(44)47)67-51(69-55)32-71(60)29-38-14-6-7-15-42(38)36-12-4-3-5-13-36/h3-21,23,25-28,30,33H,22,24,29,31-32H2,1-2H3,(H,66,68)(H,67,69). The molecule has 72 heavy (non-hydrogen) atoms. The summed E-state index contributed by atoms with van der Waals surface area (Å²) in [5.41, 5.74) is 15.1. The Balaban J connectivity index is 0.974. The van der Waals surface area contributed by atoms with Gasteiger partial charge in [-0.05, 0) is 96.6 Å². The second-order valence-electron chi connectivity index (χ2n) is 17.5. The minimum absolute atomic E-state index is 0.399. The molecule has 11 aromatic rings. The number of aromatic amines is 2. The monoisotopic (exact) mass is 1180 g/mol. The van der Waals surface area contributed by atoms with E-state index in [0.29, 0.717) is 72.4 Å². The van der Waals surface area contributed by atoms with Gasteiger partial charge in [-0.15, -0.1) is 0 Å². The van der Waals surface area contributed by atoms with Gasteiger partial charge in [-0.2, -0.15) is 5.10 Å². The Bertz CT molecular complexity index is 3760. The first-order chi connectivity index (χ1) is 35.1. The lowest BCUT2D eigenvalue weighted by atomic mass is 9.99. The topological polar surface area (TPSA) is 133 Å². The van der Waals surface area contributed by atoms with Gasteiger partial charge in [0, 0.05) is 111 Å². The second kappa shape index (κ2) is 20.5. The van der Waals surface area contributed by atoms with Gasteiger partial charge in [-0.3, -0.25) is 15.0 Å². The molecule has 16 heteroatoms. The quantitative estimate of drug-likeness (QED) is 0.0760. The fourth-order valence-corrected chi connectivity index (χ4v) is 10.4. The highest BCUT2D eigenvalue weighted by Crippen LogP contribution is 2.39. The van der Waals surface area contributed by atoms with Crippen LogP contribution in [0.3, 0.4) is 0 Å². The molecule has 0 amide bonds. The number of rotatable bonds is 15. The summed E-state index contributed by atoms with van der Waals surface area (Å²) in [5.74, 6) is 0.331. The Kier molecular flexibility index (Phi) is 13.5. The number of para-hydroxylation sites is 1.